The number of hydrogen-bond acceptors (Lipinski definition) is 5. The van der Waals surface area contributed by atoms with E-state index in [1.807, 2.05) is 12.1 Å². The monoisotopic (exact) mass is 364 g/mol. The second-order valence-electron chi connectivity index (χ2n) is 6.25. The minimum absolute atomic E-state index is 0.575. The van der Waals surface area contributed by atoms with Crippen LogP contribution in [0.3, 0.4) is 0 Å². The maximum absolute atomic E-state index is 5.48. The lowest BCUT2D eigenvalue weighted by Gasteiger charge is -2.24. The molecular formula is C19H32N4O3. The van der Waals surface area contributed by atoms with E-state index in [-0.39, 0.29) is 0 Å². The fourth-order valence-corrected chi connectivity index (χ4v) is 3.39. The van der Waals surface area contributed by atoms with Crippen LogP contribution >= 0.6 is 0 Å². The lowest BCUT2D eigenvalue weighted by molar-refractivity contribution is 0.267. The molecule has 0 aromatic heterocycles. The summed E-state index contributed by atoms with van der Waals surface area (Å²) in [5, 5.41) is 6.79. The van der Waals surface area contributed by atoms with Crippen molar-refractivity contribution in [1.29, 1.82) is 0 Å². The number of guanidine groups is 1. The summed E-state index contributed by atoms with van der Waals surface area (Å²) in [5.74, 6) is 2.86. The van der Waals surface area contributed by atoms with Crippen LogP contribution in [0.1, 0.15) is 25.3 Å². The average molecular weight is 364 g/mol. The summed E-state index contributed by atoms with van der Waals surface area (Å²) >= 11 is 0. The normalized spacial score (nSPS) is 17.9. The number of hydrogen-bond donors (Lipinski definition) is 2. The Morgan fingerprint density at radius 2 is 1.81 bits per heavy atom. The van der Waals surface area contributed by atoms with Crippen molar-refractivity contribution in [2.75, 3.05) is 48.0 Å². The zero-order valence-electron chi connectivity index (χ0n) is 16.6. The van der Waals surface area contributed by atoms with Gasteiger partial charge in [-0.2, -0.15) is 0 Å². The number of likely N-dealkylation sites (N-methyl/N-ethyl adjacent to an activating group) is 1. The molecule has 1 aromatic carbocycles. The fourth-order valence-electron chi connectivity index (χ4n) is 3.39. The van der Waals surface area contributed by atoms with Crippen molar-refractivity contribution in [2.45, 2.75) is 32.4 Å². The van der Waals surface area contributed by atoms with Crippen molar-refractivity contribution in [3.63, 3.8) is 0 Å². The molecule has 1 unspecified atom stereocenters. The van der Waals surface area contributed by atoms with Gasteiger partial charge in [-0.1, -0.05) is 6.92 Å². The summed E-state index contributed by atoms with van der Waals surface area (Å²) in [7, 11) is 6.68. The van der Waals surface area contributed by atoms with Gasteiger partial charge >= 0.3 is 0 Å². The van der Waals surface area contributed by atoms with Crippen LogP contribution in [0.5, 0.6) is 17.2 Å². The Labute approximate surface area is 156 Å². The molecule has 7 heteroatoms. The van der Waals surface area contributed by atoms with E-state index >= 15 is 0 Å². The molecule has 26 heavy (non-hydrogen) atoms. The first-order valence-electron chi connectivity index (χ1n) is 9.14. The van der Waals surface area contributed by atoms with Crippen molar-refractivity contribution in [3.8, 4) is 17.2 Å². The van der Waals surface area contributed by atoms with Gasteiger partial charge < -0.3 is 24.8 Å². The molecule has 1 aliphatic heterocycles. The van der Waals surface area contributed by atoms with Gasteiger partial charge in [0.15, 0.2) is 17.5 Å². The maximum atomic E-state index is 5.48. The summed E-state index contributed by atoms with van der Waals surface area (Å²) in [6.45, 7) is 5.98. The summed E-state index contributed by atoms with van der Waals surface area (Å²) in [6, 6.07) is 4.34. The molecule has 1 saturated heterocycles. The SMILES string of the molecule is CCN1CCCC1CNC(=NC)NCc1cc(OC)c(OC)cc1OC. The van der Waals surface area contributed by atoms with Crippen molar-refractivity contribution < 1.29 is 14.2 Å². The van der Waals surface area contributed by atoms with Gasteiger partial charge in [-0.05, 0) is 32.0 Å². The van der Waals surface area contributed by atoms with Crippen LogP contribution in [0.4, 0.5) is 0 Å². The maximum Gasteiger partial charge on any atom is 0.191 e. The van der Waals surface area contributed by atoms with Crippen LogP contribution < -0.4 is 24.8 Å². The third kappa shape index (κ3) is 4.94. The van der Waals surface area contributed by atoms with E-state index in [1.165, 1.54) is 19.4 Å². The zero-order chi connectivity index (χ0) is 18.9. The van der Waals surface area contributed by atoms with Gasteiger partial charge in [-0.15, -0.1) is 0 Å². The molecule has 0 radical (unpaired) electrons. The third-order valence-electron chi connectivity index (χ3n) is 4.87. The van der Waals surface area contributed by atoms with Gasteiger partial charge in [0.1, 0.15) is 5.75 Å². The molecule has 2 rings (SSSR count). The number of nitrogens with zero attached hydrogens (tertiary/aromatic N) is 2. The standard InChI is InChI=1S/C19H32N4O3/c1-6-23-9-7-8-15(23)13-22-19(20-2)21-12-14-10-17(25-4)18(26-5)11-16(14)24-3/h10-11,15H,6-9,12-13H2,1-5H3,(H2,20,21,22). The number of nitrogens with one attached hydrogen (secondary N) is 2. The fraction of sp³-hybridized carbons (Fsp3) is 0.632. The second-order valence-corrected chi connectivity index (χ2v) is 6.25. The quantitative estimate of drug-likeness (QED) is 0.542. The van der Waals surface area contributed by atoms with Crippen molar-refractivity contribution in [2.24, 2.45) is 4.99 Å². The summed E-state index contributed by atoms with van der Waals surface area (Å²) in [5.41, 5.74) is 0.976. The molecule has 1 aromatic rings. The van der Waals surface area contributed by atoms with Gasteiger partial charge in [0.2, 0.25) is 0 Å². The van der Waals surface area contributed by atoms with Gasteiger partial charge in [-0.25, -0.2) is 0 Å². The molecule has 0 spiro atoms. The molecule has 0 aliphatic carbocycles. The smallest absolute Gasteiger partial charge is 0.191 e. The van der Waals surface area contributed by atoms with E-state index in [0.29, 0.717) is 24.1 Å². The molecular weight excluding hydrogens is 332 g/mol. The summed E-state index contributed by atoms with van der Waals surface area (Å²) in [4.78, 5) is 6.84. The summed E-state index contributed by atoms with van der Waals surface area (Å²) in [6.07, 6.45) is 2.51. The van der Waals surface area contributed by atoms with E-state index in [0.717, 1.165) is 30.4 Å². The Morgan fingerprint density at radius 3 is 2.42 bits per heavy atom. The van der Waals surface area contributed by atoms with Crippen molar-refractivity contribution >= 4 is 5.96 Å². The predicted molar refractivity (Wildman–Crippen MR) is 105 cm³/mol. The van der Waals surface area contributed by atoms with E-state index in [2.05, 4.69) is 27.4 Å². The van der Waals surface area contributed by atoms with Gasteiger partial charge in [0.05, 0.1) is 21.3 Å². The Morgan fingerprint density at radius 1 is 1.12 bits per heavy atom. The topological polar surface area (TPSA) is 67.4 Å². The lowest BCUT2D eigenvalue weighted by atomic mass is 10.1. The first-order valence-corrected chi connectivity index (χ1v) is 9.14. The van der Waals surface area contributed by atoms with Crippen LogP contribution in [0, 0.1) is 0 Å². The van der Waals surface area contributed by atoms with Gasteiger partial charge in [-0.3, -0.25) is 9.89 Å². The number of likely N-dealkylation sites (tertiary alicyclic amines) is 1. The third-order valence-corrected chi connectivity index (χ3v) is 4.87. The first kappa shape index (κ1) is 20.2. The molecule has 0 amide bonds. The van der Waals surface area contributed by atoms with Crippen LogP contribution in [-0.2, 0) is 6.54 Å². The number of ether oxygens (including phenoxy) is 3. The Kier molecular flexibility index (Phi) is 7.84. The Bertz CT molecular complexity index is 607. The van der Waals surface area contributed by atoms with Crippen LogP contribution in [0.25, 0.3) is 0 Å². The highest BCUT2D eigenvalue weighted by Crippen LogP contribution is 2.34. The first-order chi connectivity index (χ1) is 12.7. The van der Waals surface area contributed by atoms with Crippen LogP contribution in [0.2, 0.25) is 0 Å². The van der Waals surface area contributed by atoms with E-state index in [4.69, 9.17) is 14.2 Å². The highest BCUT2D eigenvalue weighted by molar-refractivity contribution is 5.79. The Balaban J connectivity index is 1.97. The van der Waals surface area contributed by atoms with Gasteiger partial charge in [0.25, 0.3) is 0 Å². The molecule has 0 bridgehead atoms. The largest absolute Gasteiger partial charge is 0.496 e. The highest BCUT2D eigenvalue weighted by atomic mass is 16.5. The second kappa shape index (κ2) is 10.1. The average Bonchev–Trinajstić information content (AvgIpc) is 3.14. The molecule has 2 N–H and O–H groups in total. The number of methoxy groups -OCH3 is 3. The molecule has 1 atom stereocenters. The predicted octanol–water partition coefficient (Wildman–Crippen LogP) is 1.86. The molecule has 1 aliphatic rings. The number of aliphatic imine (C=N–C) groups is 1. The molecule has 0 saturated carbocycles. The minimum atomic E-state index is 0.575. The summed E-state index contributed by atoms with van der Waals surface area (Å²) < 4.78 is 16.2. The van der Waals surface area contributed by atoms with Gasteiger partial charge in [0, 0.05) is 37.8 Å². The minimum Gasteiger partial charge on any atom is -0.496 e. The molecule has 1 heterocycles. The highest BCUT2D eigenvalue weighted by Gasteiger charge is 2.22. The van der Waals surface area contributed by atoms with E-state index in [1.54, 1.807) is 28.4 Å². The zero-order valence-corrected chi connectivity index (χ0v) is 16.6. The van der Waals surface area contributed by atoms with Crippen molar-refractivity contribution in [3.05, 3.63) is 17.7 Å². The molecule has 7 nitrogen and oxygen atoms in total. The number of rotatable bonds is 8. The van der Waals surface area contributed by atoms with E-state index in [9.17, 15) is 0 Å². The number of benzene rings is 1. The lowest BCUT2D eigenvalue weighted by Crippen LogP contribution is -2.44. The molecule has 1 fully saturated rings. The van der Waals surface area contributed by atoms with Crippen LogP contribution in [0.15, 0.2) is 17.1 Å². The molecule has 146 valence electrons. The Hall–Kier alpha value is -2.15. The van der Waals surface area contributed by atoms with E-state index < -0.39 is 0 Å². The van der Waals surface area contributed by atoms with Crippen LogP contribution in [-0.4, -0.2) is 64.9 Å². The van der Waals surface area contributed by atoms with Crippen molar-refractivity contribution in [1.82, 2.24) is 15.5 Å².